The smallest absolute Gasteiger partial charge is 0.227 e. The van der Waals surface area contributed by atoms with Crippen LogP contribution in [0.3, 0.4) is 0 Å². The Bertz CT molecular complexity index is 553. The zero-order valence-electron chi connectivity index (χ0n) is 11.0. The largest absolute Gasteiger partial charge is 0.378 e. The predicted octanol–water partition coefficient (Wildman–Crippen LogP) is 3.24. The summed E-state index contributed by atoms with van der Waals surface area (Å²) >= 11 is 0. The molecule has 0 saturated heterocycles. The van der Waals surface area contributed by atoms with Gasteiger partial charge in [-0.1, -0.05) is 18.2 Å². The van der Waals surface area contributed by atoms with E-state index in [0.29, 0.717) is 18.5 Å². The van der Waals surface area contributed by atoms with E-state index in [-0.39, 0.29) is 0 Å². The van der Waals surface area contributed by atoms with Crippen molar-refractivity contribution in [2.24, 2.45) is 0 Å². The summed E-state index contributed by atoms with van der Waals surface area (Å²) in [5, 5.41) is 3.25. The quantitative estimate of drug-likeness (QED) is 0.891. The van der Waals surface area contributed by atoms with Gasteiger partial charge in [0, 0.05) is 24.4 Å². The molecule has 0 spiro atoms. The van der Waals surface area contributed by atoms with Crippen molar-refractivity contribution in [3.63, 3.8) is 0 Å². The highest BCUT2D eigenvalue weighted by Crippen LogP contribution is 2.39. The fraction of sp³-hybridized carbons (Fsp3) is 0.333. The average Bonchev–Trinajstić information content (AvgIpc) is 3.24. The molecule has 1 aliphatic carbocycles. The van der Waals surface area contributed by atoms with E-state index in [1.165, 1.54) is 12.8 Å². The van der Waals surface area contributed by atoms with Crippen molar-refractivity contribution in [3.05, 3.63) is 47.8 Å². The fourth-order valence-corrected chi connectivity index (χ4v) is 2.04. The van der Waals surface area contributed by atoms with Crippen molar-refractivity contribution >= 4 is 11.6 Å². The number of hydrogen-bond donors (Lipinski definition) is 1. The van der Waals surface area contributed by atoms with Crippen LogP contribution in [0.1, 0.15) is 30.1 Å². The summed E-state index contributed by atoms with van der Waals surface area (Å²) in [6.07, 6.45) is 2.46. The summed E-state index contributed by atoms with van der Waals surface area (Å²) in [6, 6.07) is 12.0. The molecule has 1 saturated carbocycles. The van der Waals surface area contributed by atoms with Crippen LogP contribution in [0.5, 0.6) is 0 Å². The first-order chi connectivity index (χ1) is 9.35. The lowest BCUT2D eigenvalue weighted by Crippen LogP contribution is -2.04. The third kappa shape index (κ3) is 3.09. The van der Waals surface area contributed by atoms with Crippen LogP contribution in [0.25, 0.3) is 0 Å². The summed E-state index contributed by atoms with van der Waals surface area (Å²) in [7, 11) is 1.68. The average molecular weight is 255 g/mol. The second-order valence-electron chi connectivity index (χ2n) is 4.81. The van der Waals surface area contributed by atoms with Gasteiger partial charge in [-0.05, 0) is 31.0 Å². The molecule has 3 rings (SSSR count). The van der Waals surface area contributed by atoms with Gasteiger partial charge in [-0.15, -0.1) is 0 Å². The van der Waals surface area contributed by atoms with E-state index < -0.39 is 0 Å². The summed E-state index contributed by atoms with van der Waals surface area (Å²) in [5.74, 6) is 1.26. The zero-order valence-corrected chi connectivity index (χ0v) is 11.0. The van der Waals surface area contributed by atoms with Crippen LogP contribution in [0, 0.1) is 0 Å². The van der Waals surface area contributed by atoms with Gasteiger partial charge < -0.3 is 10.1 Å². The number of para-hydroxylation sites is 1. The molecule has 98 valence electrons. The van der Waals surface area contributed by atoms with Crippen LogP contribution >= 0.6 is 0 Å². The Hall–Kier alpha value is -1.94. The lowest BCUT2D eigenvalue weighted by atomic mass is 10.2. The number of benzene rings is 1. The summed E-state index contributed by atoms with van der Waals surface area (Å²) in [6.45, 7) is 0.520. The van der Waals surface area contributed by atoms with Crippen molar-refractivity contribution in [3.8, 4) is 0 Å². The Labute approximate surface area is 112 Å². The highest BCUT2D eigenvalue weighted by Gasteiger charge is 2.26. The highest BCUT2D eigenvalue weighted by molar-refractivity contribution is 5.53. The normalized spacial score (nSPS) is 14.4. The van der Waals surface area contributed by atoms with Crippen molar-refractivity contribution in [2.45, 2.75) is 25.4 Å². The van der Waals surface area contributed by atoms with Crippen LogP contribution in [-0.4, -0.2) is 17.1 Å². The minimum absolute atomic E-state index is 0.520. The Morgan fingerprint density at radius 2 is 2.00 bits per heavy atom. The minimum atomic E-state index is 0.520. The molecular weight excluding hydrogens is 238 g/mol. The Balaban J connectivity index is 1.86. The standard InChI is InChI=1S/C15H17N3O/c1-19-10-13-9-14(11-7-8-11)18-15(17-13)16-12-5-3-2-4-6-12/h2-6,9,11H,7-8,10H2,1H3,(H,16,17,18). The lowest BCUT2D eigenvalue weighted by Gasteiger charge is -2.09. The third-order valence-electron chi connectivity index (χ3n) is 3.12. The molecule has 2 aromatic rings. The first-order valence-corrected chi connectivity index (χ1v) is 6.54. The molecule has 19 heavy (non-hydrogen) atoms. The first kappa shape index (κ1) is 12.1. The van der Waals surface area contributed by atoms with E-state index in [2.05, 4.69) is 21.4 Å². The second-order valence-corrected chi connectivity index (χ2v) is 4.81. The van der Waals surface area contributed by atoms with E-state index in [4.69, 9.17) is 4.74 Å². The molecule has 1 aromatic carbocycles. The van der Waals surface area contributed by atoms with Gasteiger partial charge in [0.2, 0.25) is 5.95 Å². The summed E-state index contributed by atoms with van der Waals surface area (Å²) in [4.78, 5) is 9.08. The summed E-state index contributed by atoms with van der Waals surface area (Å²) in [5.41, 5.74) is 3.05. The lowest BCUT2D eigenvalue weighted by molar-refractivity contribution is 0.181. The zero-order chi connectivity index (χ0) is 13.1. The number of anilines is 2. The van der Waals surface area contributed by atoms with E-state index in [9.17, 15) is 0 Å². The number of rotatable bonds is 5. The van der Waals surface area contributed by atoms with E-state index in [0.717, 1.165) is 17.1 Å². The molecule has 1 fully saturated rings. The molecule has 4 heteroatoms. The molecule has 1 N–H and O–H groups in total. The van der Waals surface area contributed by atoms with Crippen LogP contribution in [0.15, 0.2) is 36.4 Å². The number of nitrogens with one attached hydrogen (secondary N) is 1. The Kier molecular flexibility index (Phi) is 3.42. The van der Waals surface area contributed by atoms with Crippen LogP contribution in [0.4, 0.5) is 11.6 Å². The maximum absolute atomic E-state index is 5.17. The van der Waals surface area contributed by atoms with Gasteiger partial charge in [-0.25, -0.2) is 9.97 Å². The Morgan fingerprint density at radius 1 is 1.21 bits per heavy atom. The van der Waals surface area contributed by atoms with Crippen molar-refractivity contribution in [1.82, 2.24) is 9.97 Å². The molecule has 1 aromatic heterocycles. The van der Waals surface area contributed by atoms with Crippen LogP contribution in [-0.2, 0) is 11.3 Å². The van der Waals surface area contributed by atoms with Gasteiger partial charge in [-0.2, -0.15) is 0 Å². The fourth-order valence-electron chi connectivity index (χ4n) is 2.04. The van der Waals surface area contributed by atoms with E-state index in [1.807, 2.05) is 30.3 Å². The molecule has 0 bridgehead atoms. The van der Waals surface area contributed by atoms with Gasteiger partial charge in [0.05, 0.1) is 12.3 Å². The third-order valence-corrected chi connectivity index (χ3v) is 3.12. The number of nitrogens with zero attached hydrogens (tertiary/aromatic N) is 2. The highest BCUT2D eigenvalue weighted by atomic mass is 16.5. The van der Waals surface area contributed by atoms with E-state index in [1.54, 1.807) is 7.11 Å². The van der Waals surface area contributed by atoms with Crippen molar-refractivity contribution < 1.29 is 4.74 Å². The number of ether oxygens (including phenoxy) is 1. The van der Waals surface area contributed by atoms with Crippen LogP contribution < -0.4 is 5.32 Å². The Morgan fingerprint density at radius 3 is 2.68 bits per heavy atom. The monoisotopic (exact) mass is 255 g/mol. The molecule has 0 atom stereocenters. The molecule has 1 heterocycles. The predicted molar refractivity (Wildman–Crippen MR) is 74.4 cm³/mol. The maximum Gasteiger partial charge on any atom is 0.227 e. The van der Waals surface area contributed by atoms with Gasteiger partial charge in [0.25, 0.3) is 0 Å². The van der Waals surface area contributed by atoms with Crippen molar-refractivity contribution in [1.29, 1.82) is 0 Å². The van der Waals surface area contributed by atoms with Gasteiger partial charge in [0.15, 0.2) is 0 Å². The number of methoxy groups -OCH3 is 1. The molecule has 0 amide bonds. The first-order valence-electron chi connectivity index (χ1n) is 6.54. The number of hydrogen-bond acceptors (Lipinski definition) is 4. The van der Waals surface area contributed by atoms with Gasteiger partial charge in [-0.3, -0.25) is 0 Å². The SMILES string of the molecule is COCc1cc(C2CC2)nc(Nc2ccccc2)n1. The molecule has 0 radical (unpaired) electrons. The molecule has 0 unspecified atom stereocenters. The van der Waals surface area contributed by atoms with Crippen molar-refractivity contribution in [2.75, 3.05) is 12.4 Å². The molecular formula is C15H17N3O. The van der Waals surface area contributed by atoms with Gasteiger partial charge >= 0.3 is 0 Å². The topological polar surface area (TPSA) is 47.0 Å². The minimum Gasteiger partial charge on any atom is -0.378 e. The maximum atomic E-state index is 5.17. The van der Waals surface area contributed by atoms with Crippen LogP contribution in [0.2, 0.25) is 0 Å². The van der Waals surface area contributed by atoms with Gasteiger partial charge in [0.1, 0.15) is 0 Å². The molecule has 1 aliphatic rings. The second kappa shape index (κ2) is 5.36. The van der Waals surface area contributed by atoms with E-state index >= 15 is 0 Å². The molecule has 4 nitrogen and oxygen atoms in total. The molecule has 0 aliphatic heterocycles. The summed E-state index contributed by atoms with van der Waals surface area (Å²) < 4.78 is 5.17. The number of aromatic nitrogens is 2.